The number of halogens is 2. The first-order valence-corrected chi connectivity index (χ1v) is 7.42. The van der Waals surface area contributed by atoms with Gasteiger partial charge in [-0.2, -0.15) is 0 Å². The third-order valence-corrected chi connectivity index (χ3v) is 5.44. The van der Waals surface area contributed by atoms with Gasteiger partial charge >= 0.3 is 0 Å². The molecule has 1 aromatic rings. The third kappa shape index (κ3) is 1.76. The van der Waals surface area contributed by atoms with Crippen molar-refractivity contribution in [3.05, 3.63) is 33.8 Å². The summed E-state index contributed by atoms with van der Waals surface area (Å²) < 4.78 is 0. The van der Waals surface area contributed by atoms with E-state index in [1.54, 1.807) is 18.2 Å². The van der Waals surface area contributed by atoms with E-state index in [1.165, 1.54) is 0 Å². The molecule has 2 aliphatic heterocycles. The van der Waals surface area contributed by atoms with E-state index >= 15 is 0 Å². The summed E-state index contributed by atoms with van der Waals surface area (Å²) in [6.07, 6.45) is 0.673. The van der Waals surface area contributed by atoms with E-state index < -0.39 is 5.54 Å². The molecule has 3 rings (SSSR count). The van der Waals surface area contributed by atoms with Gasteiger partial charge in [0.15, 0.2) is 0 Å². The normalized spacial score (nSPS) is 38.9. The lowest BCUT2D eigenvalue weighted by Gasteiger charge is -2.21. The zero-order valence-electron chi connectivity index (χ0n) is 10.8. The highest BCUT2D eigenvalue weighted by Gasteiger charge is 2.73. The van der Waals surface area contributed by atoms with Crippen molar-refractivity contribution in [3.8, 4) is 0 Å². The Morgan fingerprint density at radius 3 is 2.30 bits per heavy atom. The van der Waals surface area contributed by atoms with E-state index in [0.29, 0.717) is 16.5 Å². The van der Waals surface area contributed by atoms with Crippen molar-refractivity contribution >= 4 is 23.2 Å². The molecule has 0 bridgehead atoms. The number of fused-ring (bicyclic) bond motifs is 1. The minimum absolute atomic E-state index is 0.00315. The van der Waals surface area contributed by atoms with Crippen LogP contribution >= 0.6 is 23.2 Å². The highest BCUT2D eigenvalue weighted by atomic mass is 35.5. The van der Waals surface area contributed by atoms with Crippen molar-refractivity contribution in [1.29, 1.82) is 0 Å². The summed E-state index contributed by atoms with van der Waals surface area (Å²) in [7, 11) is 0. The molecule has 0 saturated carbocycles. The predicted molar refractivity (Wildman–Crippen MR) is 76.9 cm³/mol. The SMILES string of the molecule is OC[C@@H]1C[C@H](CO)[C@]2(CO)[C@@H](c3c(Cl)cccc3Cl)N12. The van der Waals surface area contributed by atoms with Crippen molar-refractivity contribution in [2.75, 3.05) is 19.8 Å². The summed E-state index contributed by atoms with van der Waals surface area (Å²) in [5.74, 6) is -0.0815. The molecule has 0 spiro atoms. The van der Waals surface area contributed by atoms with Gasteiger partial charge in [-0.15, -0.1) is 0 Å². The first-order chi connectivity index (χ1) is 9.61. The maximum absolute atomic E-state index is 9.87. The van der Waals surface area contributed by atoms with Crippen LogP contribution in [0.1, 0.15) is 18.0 Å². The smallest absolute Gasteiger partial charge is 0.0699 e. The highest BCUT2D eigenvalue weighted by molar-refractivity contribution is 6.36. The largest absolute Gasteiger partial charge is 0.396 e. The summed E-state index contributed by atoms with van der Waals surface area (Å²) >= 11 is 12.5. The second-order valence-corrected chi connectivity index (χ2v) is 6.36. The molecule has 0 amide bonds. The molecule has 2 fully saturated rings. The highest BCUT2D eigenvalue weighted by Crippen LogP contribution is 2.66. The number of aliphatic hydroxyl groups is 3. The molecule has 1 aromatic carbocycles. The average Bonchev–Trinajstić information content (AvgIpc) is 2.98. The van der Waals surface area contributed by atoms with Crippen molar-refractivity contribution < 1.29 is 15.3 Å². The van der Waals surface area contributed by atoms with Gasteiger partial charge < -0.3 is 15.3 Å². The van der Waals surface area contributed by atoms with E-state index in [4.69, 9.17) is 23.2 Å². The molecule has 3 N–H and O–H groups in total. The molecule has 1 unspecified atom stereocenters. The molecule has 0 radical (unpaired) electrons. The third-order valence-electron chi connectivity index (χ3n) is 4.78. The Balaban J connectivity index is 2.04. The van der Waals surface area contributed by atoms with Gasteiger partial charge in [-0.25, -0.2) is 0 Å². The molecule has 2 heterocycles. The summed E-state index contributed by atoms with van der Waals surface area (Å²) in [5.41, 5.74) is 0.234. The lowest BCUT2D eigenvalue weighted by Crippen LogP contribution is -2.30. The number of hydrogen-bond donors (Lipinski definition) is 3. The zero-order chi connectivity index (χ0) is 14.5. The number of nitrogens with zero attached hydrogens (tertiary/aromatic N) is 1. The van der Waals surface area contributed by atoms with Crippen LogP contribution in [0.5, 0.6) is 0 Å². The van der Waals surface area contributed by atoms with Crippen molar-refractivity contribution in [2.45, 2.75) is 24.0 Å². The van der Waals surface area contributed by atoms with Gasteiger partial charge in [-0.1, -0.05) is 29.3 Å². The quantitative estimate of drug-likeness (QED) is 0.736. The van der Waals surface area contributed by atoms with Crippen LogP contribution < -0.4 is 0 Å². The van der Waals surface area contributed by atoms with Gasteiger partial charge in [0.05, 0.1) is 24.8 Å². The van der Waals surface area contributed by atoms with E-state index in [2.05, 4.69) is 0 Å². The van der Waals surface area contributed by atoms with Gasteiger partial charge in [-0.05, 0) is 18.6 Å². The van der Waals surface area contributed by atoms with Crippen LogP contribution in [0.15, 0.2) is 18.2 Å². The fourth-order valence-electron chi connectivity index (χ4n) is 3.85. The Morgan fingerprint density at radius 1 is 1.15 bits per heavy atom. The first-order valence-electron chi connectivity index (χ1n) is 6.66. The summed E-state index contributed by atoms with van der Waals surface area (Å²) in [5, 5.41) is 30.1. The van der Waals surface area contributed by atoms with Crippen LogP contribution in [0.2, 0.25) is 10.0 Å². The lowest BCUT2D eigenvalue weighted by atomic mass is 9.85. The number of hydrogen-bond acceptors (Lipinski definition) is 4. The molecule has 0 aromatic heterocycles. The molecule has 0 aliphatic carbocycles. The second kappa shape index (κ2) is 5.13. The Hall–Kier alpha value is -0.360. The van der Waals surface area contributed by atoms with Gasteiger partial charge in [0.25, 0.3) is 0 Å². The van der Waals surface area contributed by atoms with Gasteiger partial charge in [0, 0.05) is 34.2 Å². The topological polar surface area (TPSA) is 63.7 Å². The monoisotopic (exact) mass is 317 g/mol. The molecule has 4 nitrogen and oxygen atoms in total. The predicted octanol–water partition coefficient (Wildman–Crippen LogP) is 1.45. The average molecular weight is 318 g/mol. The number of rotatable bonds is 4. The van der Waals surface area contributed by atoms with Crippen LogP contribution in [-0.2, 0) is 0 Å². The molecular formula is C14H17Cl2NO3. The van der Waals surface area contributed by atoms with Gasteiger partial charge in [-0.3, -0.25) is 4.90 Å². The standard InChI is InChI=1S/C14H17Cl2NO3/c15-10-2-1-3-11(16)12(10)13-14(7-20)8(5-18)4-9(6-19)17(13)14/h1-3,8-9,13,18-20H,4-7H2/t8-,9+,13-,14-,17?/m1/s1. The lowest BCUT2D eigenvalue weighted by molar-refractivity contribution is 0.144. The summed E-state index contributed by atoms with van der Waals surface area (Å²) in [4.78, 5) is 2.04. The molecule has 2 saturated heterocycles. The van der Waals surface area contributed by atoms with Crippen molar-refractivity contribution in [1.82, 2.24) is 4.90 Å². The fraction of sp³-hybridized carbons (Fsp3) is 0.571. The zero-order valence-corrected chi connectivity index (χ0v) is 12.3. The fourth-order valence-corrected chi connectivity index (χ4v) is 4.46. The van der Waals surface area contributed by atoms with E-state index in [1.807, 2.05) is 4.90 Å². The van der Waals surface area contributed by atoms with Crippen molar-refractivity contribution in [3.63, 3.8) is 0 Å². The van der Waals surface area contributed by atoms with Crippen LogP contribution in [0, 0.1) is 5.92 Å². The Kier molecular flexibility index (Phi) is 3.73. The maximum Gasteiger partial charge on any atom is 0.0699 e. The molecule has 2 aliphatic rings. The van der Waals surface area contributed by atoms with Crippen LogP contribution in [0.4, 0.5) is 0 Å². The van der Waals surface area contributed by atoms with Crippen LogP contribution in [0.25, 0.3) is 0 Å². The van der Waals surface area contributed by atoms with Crippen molar-refractivity contribution in [2.24, 2.45) is 5.92 Å². The Morgan fingerprint density at radius 2 is 1.80 bits per heavy atom. The van der Waals surface area contributed by atoms with Crippen LogP contribution in [0.3, 0.4) is 0 Å². The van der Waals surface area contributed by atoms with E-state index in [0.717, 1.165) is 5.56 Å². The minimum Gasteiger partial charge on any atom is -0.396 e. The molecule has 110 valence electrons. The minimum atomic E-state index is -0.545. The van der Waals surface area contributed by atoms with E-state index in [-0.39, 0.29) is 37.8 Å². The number of aliphatic hydroxyl groups excluding tert-OH is 3. The number of benzene rings is 1. The first kappa shape index (κ1) is 14.6. The van der Waals surface area contributed by atoms with Crippen LogP contribution in [-0.4, -0.2) is 51.6 Å². The molecule has 6 heteroatoms. The molecule has 5 atom stereocenters. The molecule has 20 heavy (non-hydrogen) atoms. The van der Waals surface area contributed by atoms with E-state index in [9.17, 15) is 15.3 Å². The Bertz CT molecular complexity index is 507. The summed E-state index contributed by atoms with van der Waals surface area (Å²) in [6.45, 7) is -0.107. The van der Waals surface area contributed by atoms with Gasteiger partial charge in [0.1, 0.15) is 0 Å². The molecular weight excluding hydrogens is 301 g/mol. The maximum atomic E-state index is 9.87. The van der Waals surface area contributed by atoms with Gasteiger partial charge in [0.2, 0.25) is 0 Å². The summed E-state index contributed by atoms with van der Waals surface area (Å²) in [6, 6.07) is 5.10. The second-order valence-electron chi connectivity index (χ2n) is 5.55. The Labute approximate surface area is 127 Å². The number of piperidine rings is 1.